The Labute approximate surface area is 211 Å². The minimum atomic E-state index is -0.822. The SMILES string of the molecule is CCOC(=O)c1ccc(CN2C(=O)C(=O)/C(=C(\O)c3ccc(Br)c(C)c3)C2c2cccnc2)cc1. The number of halogens is 1. The quantitative estimate of drug-likeness (QED) is 0.208. The number of amides is 1. The molecule has 1 fully saturated rings. The number of aliphatic hydroxyl groups excluding tert-OH is 1. The Morgan fingerprint density at radius 3 is 2.46 bits per heavy atom. The number of esters is 1. The molecule has 1 N–H and O–H groups in total. The molecule has 2 heterocycles. The Morgan fingerprint density at radius 1 is 1.11 bits per heavy atom. The van der Waals surface area contributed by atoms with Crippen LogP contribution in [0, 0.1) is 6.92 Å². The first kappa shape index (κ1) is 24.3. The smallest absolute Gasteiger partial charge is 0.338 e. The van der Waals surface area contributed by atoms with Crippen molar-refractivity contribution in [2.45, 2.75) is 26.4 Å². The molecule has 1 aliphatic heterocycles. The van der Waals surface area contributed by atoms with Gasteiger partial charge in [-0.2, -0.15) is 0 Å². The first-order valence-electron chi connectivity index (χ1n) is 11.0. The number of aliphatic hydroxyl groups is 1. The molecule has 1 aromatic heterocycles. The average Bonchev–Trinajstić information content (AvgIpc) is 3.11. The van der Waals surface area contributed by atoms with Crippen LogP contribution in [0.3, 0.4) is 0 Å². The van der Waals surface area contributed by atoms with E-state index in [0.717, 1.165) is 10.0 Å². The molecule has 0 aliphatic carbocycles. The molecular formula is C27H23BrN2O5. The number of benzene rings is 2. The van der Waals surface area contributed by atoms with Crippen LogP contribution in [0.15, 0.2) is 77.0 Å². The molecule has 35 heavy (non-hydrogen) atoms. The lowest BCUT2D eigenvalue weighted by molar-refractivity contribution is -0.140. The Balaban J connectivity index is 1.76. The Kier molecular flexibility index (Phi) is 7.12. The summed E-state index contributed by atoms with van der Waals surface area (Å²) >= 11 is 3.44. The number of hydrogen-bond donors (Lipinski definition) is 1. The summed E-state index contributed by atoms with van der Waals surface area (Å²) in [5.41, 5.74) is 3.04. The van der Waals surface area contributed by atoms with E-state index in [4.69, 9.17) is 4.74 Å². The van der Waals surface area contributed by atoms with E-state index in [1.165, 1.54) is 4.90 Å². The first-order valence-corrected chi connectivity index (χ1v) is 11.8. The van der Waals surface area contributed by atoms with Crippen molar-refractivity contribution in [1.29, 1.82) is 0 Å². The van der Waals surface area contributed by atoms with Crippen LogP contribution in [-0.4, -0.2) is 39.3 Å². The molecule has 3 aromatic rings. The van der Waals surface area contributed by atoms with Crippen LogP contribution in [-0.2, 0) is 20.9 Å². The van der Waals surface area contributed by atoms with Gasteiger partial charge in [0.2, 0.25) is 0 Å². The van der Waals surface area contributed by atoms with Crippen molar-refractivity contribution in [1.82, 2.24) is 9.88 Å². The third-order valence-corrected chi connectivity index (χ3v) is 6.68. The van der Waals surface area contributed by atoms with Gasteiger partial charge in [-0.25, -0.2) is 4.79 Å². The number of carbonyl (C=O) groups is 3. The summed E-state index contributed by atoms with van der Waals surface area (Å²) in [7, 11) is 0. The summed E-state index contributed by atoms with van der Waals surface area (Å²) in [5, 5.41) is 11.2. The fraction of sp³-hybridized carbons (Fsp3) is 0.185. The second-order valence-corrected chi connectivity index (χ2v) is 8.95. The number of hydrogen-bond acceptors (Lipinski definition) is 6. The number of rotatable bonds is 6. The van der Waals surface area contributed by atoms with Crippen molar-refractivity contribution >= 4 is 39.3 Å². The van der Waals surface area contributed by atoms with E-state index in [1.54, 1.807) is 73.9 Å². The van der Waals surface area contributed by atoms with Gasteiger partial charge in [-0.3, -0.25) is 14.6 Å². The molecule has 0 bridgehead atoms. The number of pyridine rings is 1. The topological polar surface area (TPSA) is 96.8 Å². The van der Waals surface area contributed by atoms with E-state index in [-0.39, 0.29) is 24.5 Å². The molecule has 178 valence electrons. The molecule has 1 amide bonds. The Morgan fingerprint density at radius 2 is 1.83 bits per heavy atom. The van der Waals surface area contributed by atoms with Crippen LogP contribution < -0.4 is 0 Å². The summed E-state index contributed by atoms with van der Waals surface area (Å²) in [6, 6.07) is 14.5. The summed E-state index contributed by atoms with van der Waals surface area (Å²) in [4.78, 5) is 43.8. The van der Waals surface area contributed by atoms with Crippen molar-refractivity contribution in [3.8, 4) is 0 Å². The molecule has 1 unspecified atom stereocenters. The molecule has 1 saturated heterocycles. The number of carbonyl (C=O) groups excluding carboxylic acids is 3. The highest BCUT2D eigenvalue weighted by molar-refractivity contribution is 9.10. The van der Waals surface area contributed by atoms with Crippen molar-refractivity contribution in [3.63, 3.8) is 0 Å². The molecule has 7 nitrogen and oxygen atoms in total. The van der Waals surface area contributed by atoms with Gasteiger partial charge < -0.3 is 14.7 Å². The summed E-state index contributed by atoms with van der Waals surface area (Å²) in [6.07, 6.45) is 3.18. The predicted molar refractivity (Wildman–Crippen MR) is 133 cm³/mol. The third-order valence-electron chi connectivity index (χ3n) is 5.79. The van der Waals surface area contributed by atoms with Gasteiger partial charge in [0.25, 0.3) is 11.7 Å². The number of Topliss-reactive ketones (excluding diaryl/α,β-unsaturated/α-hetero) is 1. The maximum Gasteiger partial charge on any atom is 0.338 e. The minimum Gasteiger partial charge on any atom is -0.507 e. The fourth-order valence-corrected chi connectivity index (χ4v) is 4.28. The highest BCUT2D eigenvalue weighted by Crippen LogP contribution is 2.40. The summed E-state index contributed by atoms with van der Waals surface area (Å²) in [5.74, 6) is -2.16. The van der Waals surface area contributed by atoms with Gasteiger partial charge in [0.05, 0.1) is 23.8 Å². The van der Waals surface area contributed by atoms with Gasteiger partial charge in [-0.15, -0.1) is 0 Å². The van der Waals surface area contributed by atoms with E-state index in [2.05, 4.69) is 20.9 Å². The number of nitrogens with zero attached hydrogens (tertiary/aromatic N) is 2. The highest BCUT2D eigenvalue weighted by Gasteiger charge is 2.46. The summed E-state index contributed by atoms with van der Waals surface area (Å²) in [6.45, 7) is 3.98. The molecule has 0 spiro atoms. The largest absolute Gasteiger partial charge is 0.507 e. The highest BCUT2D eigenvalue weighted by atomic mass is 79.9. The first-order chi connectivity index (χ1) is 16.8. The maximum atomic E-state index is 13.2. The van der Waals surface area contributed by atoms with Crippen molar-refractivity contribution in [3.05, 3.63) is 105 Å². The summed E-state index contributed by atoms with van der Waals surface area (Å²) < 4.78 is 5.88. The second-order valence-electron chi connectivity index (χ2n) is 8.09. The van der Waals surface area contributed by atoms with Crippen LogP contribution in [0.2, 0.25) is 0 Å². The van der Waals surface area contributed by atoms with Gasteiger partial charge in [0.1, 0.15) is 5.76 Å². The van der Waals surface area contributed by atoms with Crippen LogP contribution >= 0.6 is 15.9 Å². The molecule has 1 atom stereocenters. The standard InChI is InChI=1S/C27H23BrN2O5/c1-3-35-27(34)18-8-6-17(7-9-18)15-30-23(20-5-4-12-29-14-20)22(25(32)26(30)33)24(31)19-10-11-21(28)16(2)13-19/h4-14,23,31H,3,15H2,1-2H3/b24-22-. The molecule has 1 aliphatic rings. The van der Waals surface area contributed by atoms with Gasteiger partial charge in [-0.1, -0.05) is 40.2 Å². The second kappa shape index (κ2) is 10.2. The molecule has 4 rings (SSSR count). The van der Waals surface area contributed by atoms with Crippen LogP contribution in [0.25, 0.3) is 5.76 Å². The predicted octanol–water partition coefficient (Wildman–Crippen LogP) is 4.95. The lowest BCUT2D eigenvalue weighted by atomic mass is 9.95. The van der Waals surface area contributed by atoms with Crippen LogP contribution in [0.1, 0.15) is 45.6 Å². The normalized spacial score (nSPS) is 17.0. The van der Waals surface area contributed by atoms with Crippen molar-refractivity contribution < 1.29 is 24.2 Å². The van der Waals surface area contributed by atoms with Gasteiger partial charge in [0, 0.05) is 29.0 Å². The van der Waals surface area contributed by atoms with E-state index >= 15 is 0 Å². The van der Waals surface area contributed by atoms with E-state index in [1.807, 2.05) is 6.92 Å². The number of likely N-dealkylation sites (tertiary alicyclic amines) is 1. The minimum absolute atomic E-state index is 0.00728. The Hall–Kier alpha value is -3.78. The zero-order valence-electron chi connectivity index (χ0n) is 19.2. The molecule has 0 saturated carbocycles. The lowest BCUT2D eigenvalue weighted by Crippen LogP contribution is -2.29. The van der Waals surface area contributed by atoms with E-state index in [9.17, 15) is 19.5 Å². The molecular weight excluding hydrogens is 512 g/mol. The Bertz CT molecular complexity index is 1320. The number of ketones is 1. The zero-order valence-corrected chi connectivity index (χ0v) is 20.8. The van der Waals surface area contributed by atoms with Gasteiger partial charge in [-0.05, 0) is 60.9 Å². The maximum absolute atomic E-state index is 13.2. The van der Waals surface area contributed by atoms with E-state index in [0.29, 0.717) is 22.3 Å². The third kappa shape index (κ3) is 4.88. The van der Waals surface area contributed by atoms with Crippen LogP contribution in [0.5, 0.6) is 0 Å². The van der Waals surface area contributed by atoms with Crippen molar-refractivity contribution in [2.24, 2.45) is 0 Å². The number of ether oxygens (including phenoxy) is 1. The molecule has 8 heteroatoms. The lowest BCUT2D eigenvalue weighted by Gasteiger charge is -2.25. The van der Waals surface area contributed by atoms with Gasteiger partial charge in [0.15, 0.2) is 0 Å². The monoisotopic (exact) mass is 534 g/mol. The molecule has 2 aromatic carbocycles. The van der Waals surface area contributed by atoms with Crippen molar-refractivity contribution in [2.75, 3.05) is 6.61 Å². The zero-order chi connectivity index (χ0) is 25.1. The number of aromatic nitrogens is 1. The number of aryl methyl sites for hydroxylation is 1. The fourth-order valence-electron chi connectivity index (χ4n) is 4.03. The van der Waals surface area contributed by atoms with Gasteiger partial charge >= 0.3 is 5.97 Å². The van der Waals surface area contributed by atoms with Crippen LogP contribution in [0.4, 0.5) is 0 Å². The van der Waals surface area contributed by atoms with E-state index < -0.39 is 23.7 Å². The molecule has 0 radical (unpaired) electrons. The average molecular weight is 535 g/mol.